The average Bonchev–Trinajstić information content (AvgIpc) is 3.04. The molecule has 0 aliphatic rings. The van der Waals surface area contributed by atoms with Crippen molar-refractivity contribution in [3.8, 4) is 11.4 Å². The second kappa shape index (κ2) is 7.35. The number of nitrogens with one attached hydrogen (secondary N) is 1. The summed E-state index contributed by atoms with van der Waals surface area (Å²) in [6, 6.07) is 18.1. The number of aromatic nitrogens is 2. The van der Waals surface area contributed by atoms with E-state index < -0.39 is 0 Å². The van der Waals surface area contributed by atoms with Crippen molar-refractivity contribution in [2.75, 3.05) is 0 Å². The molecule has 27 heavy (non-hydrogen) atoms. The molecule has 1 aromatic heterocycles. The number of aromatic amines is 1. The third kappa shape index (κ3) is 4.01. The van der Waals surface area contributed by atoms with Crippen LogP contribution in [0.5, 0.6) is 0 Å². The van der Waals surface area contributed by atoms with Gasteiger partial charge in [0.05, 0.1) is 11.0 Å². The highest BCUT2D eigenvalue weighted by Crippen LogP contribution is 2.25. The predicted octanol–water partition coefficient (Wildman–Crippen LogP) is 6.62. The number of benzene rings is 3. The molecule has 3 nitrogen and oxygen atoms in total. The van der Waals surface area contributed by atoms with E-state index in [0.717, 1.165) is 28.0 Å². The highest BCUT2D eigenvalue weighted by molar-refractivity contribution is 6.35. The first-order valence-electron chi connectivity index (χ1n) is 8.22. The number of nitrogens with zero attached hydrogens (tertiary/aromatic N) is 1. The third-order valence-electron chi connectivity index (χ3n) is 4.19. The zero-order valence-electron chi connectivity index (χ0n) is 14.0. The molecule has 6 heteroatoms. The van der Waals surface area contributed by atoms with Gasteiger partial charge in [-0.15, -0.1) is 0 Å². The largest absolute Gasteiger partial charge is 0.338 e. The Bertz CT molecular complexity index is 1150. The molecule has 0 aliphatic heterocycles. The van der Waals surface area contributed by atoms with Gasteiger partial charge in [0.1, 0.15) is 5.82 Å². The van der Waals surface area contributed by atoms with Gasteiger partial charge < -0.3 is 4.98 Å². The Morgan fingerprint density at radius 1 is 0.889 bits per heavy atom. The van der Waals surface area contributed by atoms with E-state index in [2.05, 4.69) is 9.97 Å². The molecule has 4 rings (SSSR count). The number of carbonyl (C=O) groups excluding carboxylic acids is 1. The van der Waals surface area contributed by atoms with E-state index in [0.29, 0.717) is 20.6 Å². The van der Waals surface area contributed by atoms with Gasteiger partial charge in [-0.3, -0.25) is 4.79 Å². The number of ketones is 1. The molecule has 134 valence electrons. The van der Waals surface area contributed by atoms with Crippen molar-refractivity contribution >= 4 is 51.6 Å². The van der Waals surface area contributed by atoms with Crippen molar-refractivity contribution in [2.45, 2.75) is 6.42 Å². The lowest BCUT2D eigenvalue weighted by Gasteiger charge is -2.05. The van der Waals surface area contributed by atoms with Crippen molar-refractivity contribution < 1.29 is 4.79 Å². The number of Topliss-reactive ketones (excluding diaryl/α,β-unsaturated/α-hetero) is 1. The van der Waals surface area contributed by atoms with E-state index in [1.807, 2.05) is 36.4 Å². The van der Waals surface area contributed by atoms with Gasteiger partial charge in [0, 0.05) is 32.6 Å². The summed E-state index contributed by atoms with van der Waals surface area (Å²) in [5.74, 6) is 0.681. The highest BCUT2D eigenvalue weighted by atomic mass is 35.5. The van der Waals surface area contributed by atoms with E-state index in [1.54, 1.807) is 24.3 Å². The molecule has 1 N–H and O–H groups in total. The van der Waals surface area contributed by atoms with E-state index in [4.69, 9.17) is 34.8 Å². The summed E-state index contributed by atoms with van der Waals surface area (Å²) in [6.07, 6.45) is 0.247. The standard InChI is InChI=1S/C21H13Cl3N2O/c22-15-4-5-18-19(11-15)26-21(25-18)13-3-1-2-12(6-13)7-20(27)14-8-16(23)10-17(24)9-14/h1-6,8-11H,7H2,(H,25,26). The van der Waals surface area contributed by atoms with Gasteiger partial charge in [-0.25, -0.2) is 4.98 Å². The van der Waals surface area contributed by atoms with Crippen molar-refractivity contribution in [2.24, 2.45) is 0 Å². The maximum Gasteiger partial charge on any atom is 0.167 e. The molecule has 0 spiro atoms. The fourth-order valence-corrected chi connectivity index (χ4v) is 3.65. The summed E-state index contributed by atoms with van der Waals surface area (Å²) < 4.78 is 0. The summed E-state index contributed by atoms with van der Waals surface area (Å²) in [6.45, 7) is 0. The van der Waals surface area contributed by atoms with Gasteiger partial charge in [0.25, 0.3) is 0 Å². The molecule has 0 bridgehead atoms. The minimum atomic E-state index is -0.0482. The maximum atomic E-state index is 12.6. The minimum absolute atomic E-state index is 0.0482. The molecule has 0 atom stereocenters. The Balaban J connectivity index is 1.62. The predicted molar refractivity (Wildman–Crippen MR) is 111 cm³/mol. The summed E-state index contributed by atoms with van der Waals surface area (Å²) in [5.41, 5.74) is 3.98. The number of H-pyrrole nitrogens is 1. The van der Waals surface area contributed by atoms with Crippen LogP contribution >= 0.6 is 34.8 Å². The Morgan fingerprint density at radius 2 is 1.67 bits per heavy atom. The van der Waals surface area contributed by atoms with Crippen molar-refractivity contribution in [1.29, 1.82) is 0 Å². The topological polar surface area (TPSA) is 45.8 Å². The van der Waals surface area contributed by atoms with Crippen LogP contribution in [0.3, 0.4) is 0 Å². The van der Waals surface area contributed by atoms with Gasteiger partial charge in [-0.05, 0) is 48.0 Å². The quantitative estimate of drug-likeness (QED) is 0.381. The number of fused-ring (bicyclic) bond motifs is 1. The lowest BCUT2D eigenvalue weighted by atomic mass is 10.0. The Kier molecular flexibility index (Phi) is 4.92. The zero-order chi connectivity index (χ0) is 19.0. The van der Waals surface area contributed by atoms with Gasteiger partial charge in [-0.2, -0.15) is 0 Å². The van der Waals surface area contributed by atoms with Crippen LogP contribution in [0.15, 0.2) is 60.7 Å². The average molecular weight is 416 g/mol. The van der Waals surface area contributed by atoms with Crippen molar-refractivity contribution in [3.63, 3.8) is 0 Å². The van der Waals surface area contributed by atoms with E-state index in [-0.39, 0.29) is 12.2 Å². The fourth-order valence-electron chi connectivity index (χ4n) is 2.95. The number of hydrogen-bond acceptors (Lipinski definition) is 2. The molecule has 1 heterocycles. The van der Waals surface area contributed by atoms with Crippen molar-refractivity contribution in [3.05, 3.63) is 86.9 Å². The molecule has 0 radical (unpaired) electrons. The number of halogens is 3. The number of carbonyl (C=O) groups is 1. The SMILES string of the molecule is O=C(Cc1cccc(-c2nc3ccc(Cl)cc3[nH]2)c1)c1cc(Cl)cc(Cl)c1. The van der Waals surface area contributed by atoms with Crippen LogP contribution in [-0.4, -0.2) is 15.8 Å². The lowest BCUT2D eigenvalue weighted by molar-refractivity contribution is 0.0993. The summed E-state index contributed by atoms with van der Waals surface area (Å²) in [5, 5.41) is 1.54. The third-order valence-corrected chi connectivity index (χ3v) is 4.87. The minimum Gasteiger partial charge on any atom is -0.338 e. The molecule has 0 saturated carbocycles. The number of hydrogen-bond donors (Lipinski definition) is 1. The zero-order valence-corrected chi connectivity index (χ0v) is 16.2. The van der Waals surface area contributed by atoms with Gasteiger partial charge in [0.2, 0.25) is 0 Å². The van der Waals surface area contributed by atoms with Crippen molar-refractivity contribution in [1.82, 2.24) is 9.97 Å². The van der Waals surface area contributed by atoms with Gasteiger partial charge >= 0.3 is 0 Å². The summed E-state index contributed by atoms with van der Waals surface area (Å²) in [7, 11) is 0. The summed E-state index contributed by atoms with van der Waals surface area (Å²) in [4.78, 5) is 20.4. The highest BCUT2D eigenvalue weighted by Gasteiger charge is 2.11. The van der Waals surface area contributed by atoms with E-state index in [9.17, 15) is 4.79 Å². The van der Waals surface area contributed by atoms with Crippen LogP contribution in [0.25, 0.3) is 22.4 Å². The molecule has 0 saturated heterocycles. The van der Waals surface area contributed by atoms with Crippen LogP contribution in [-0.2, 0) is 6.42 Å². The van der Waals surface area contributed by atoms with Crippen LogP contribution in [0, 0.1) is 0 Å². The van der Waals surface area contributed by atoms with Crippen LogP contribution in [0.4, 0.5) is 0 Å². The first-order chi connectivity index (χ1) is 13.0. The van der Waals surface area contributed by atoms with Gasteiger partial charge in [0.15, 0.2) is 5.78 Å². The first kappa shape index (κ1) is 18.1. The lowest BCUT2D eigenvalue weighted by Crippen LogP contribution is -2.03. The molecular formula is C21H13Cl3N2O. The maximum absolute atomic E-state index is 12.6. The van der Waals surface area contributed by atoms with Gasteiger partial charge in [-0.1, -0.05) is 53.0 Å². The Morgan fingerprint density at radius 3 is 2.44 bits per heavy atom. The van der Waals surface area contributed by atoms with Crippen LogP contribution in [0.1, 0.15) is 15.9 Å². The molecule has 0 amide bonds. The normalized spacial score (nSPS) is 11.1. The Hall–Kier alpha value is -2.33. The first-order valence-corrected chi connectivity index (χ1v) is 9.35. The monoisotopic (exact) mass is 414 g/mol. The van der Waals surface area contributed by atoms with E-state index >= 15 is 0 Å². The Labute approximate surface area is 170 Å². The fraction of sp³-hybridized carbons (Fsp3) is 0.0476. The second-order valence-corrected chi connectivity index (χ2v) is 7.51. The second-order valence-electron chi connectivity index (χ2n) is 6.21. The number of imidazole rings is 1. The van der Waals surface area contributed by atoms with E-state index in [1.165, 1.54) is 0 Å². The number of rotatable bonds is 4. The molecule has 0 unspecified atom stereocenters. The van der Waals surface area contributed by atoms with Crippen LogP contribution in [0.2, 0.25) is 15.1 Å². The molecule has 0 aliphatic carbocycles. The molecule has 3 aromatic carbocycles. The molecular weight excluding hydrogens is 403 g/mol. The van der Waals surface area contributed by atoms with Crippen LogP contribution < -0.4 is 0 Å². The molecule has 0 fully saturated rings. The summed E-state index contributed by atoms with van der Waals surface area (Å²) >= 11 is 18.0. The smallest absolute Gasteiger partial charge is 0.167 e. The molecule has 4 aromatic rings.